The van der Waals surface area contributed by atoms with Gasteiger partial charge in [0.25, 0.3) is 5.91 Å². The smallest absolute Gasteiger partial charge is 0.253 e. The summed E-state index contributed by atoms with van der Waals surface area (Å²) in [5.41, 5.74) is 5.51. The first-order valence-electron chi connectivity index (χ1n) is 6.29. The van der Waals surface area contributed by atoms with Crippen LogP contribution in [0.15, 0.2) is 18.6 Å². The van der Waals surface area contributed by atoms with Crippen molar-refractivity contribution in [1.82, 2.24) is 14.9 Å². The number of methoxy groups -OCH3 is 1. The van der Waals surface area contributed by atoms with Crippen LogP contribution < -0.4 is 10.6 Å². The van der Waals surface area contributed by atoms with Gasteiger partial charge in [-0.15, -0.1) is 0 Å². The zero-order valence-corrected chi connectivity index (χ0v) is 11.0. The Kier molecular flexibility index (Phi) is 4.64. The fraction of sp³-hybridized carbons (Fsp3) is 0.583. The molecule has 1 aliphatic heterocycles. The molecular formula is C12H19N5O2. The van der Waals surface area contributed by atoms with E-state index in [1.807, 2.05) is 0 Å². The molecular weight excluding hydrogens is 246 g/mol. The highest BCUT2D eigenvalue weighted by Crippen LogP contribution is 2.12. The molecule has 0 bridgehead atoms. The second kappa shape index (κ2) is 6.44. The Labute approximate surface area is 112 Å². The Morgan fingerprint density at radius 2 is 2.16 bits per heavy atom. The van der Waals surface area contributed by atoms with Crippen molar-refractivity contribution in [3.63, 3.8) is 0 Å². The van der Waals surface area contributed by atoms with Gasteiger partial charge in [0.1, 0.15) is 11.9 Å². The molecule has 0 spiro atoms. The fourth-order valence-corrected chi connectivity index (χ4v) is 2.11. The van der Waals surface area contributed by atoms with Crippen LogP contribution in [0, 0.1) is 0 Å². The highest BCUT2D eigenvalue weighted by molar-refractivity contribution is 5.81. The molecule has 2 heterocycles. The molecule has 2 N–H and O–H groups in total. The first kappa shape index (κ1) is 13.7. The van der Waals surface area contributed by atoms with Crippen LogP contribution in [0.5, 0.6) is 0 Å². The summed E-state index contributed by atoms with van der Waals surface area (Å²) in [4.78, 5) is 24.3. The maximum Gasteiger partial charge on any atom is 0.253 e. The normalized spacial score (nSPS) is 17.4. The van der Waals surface area contributed by atoms with Crippen LogP contribution in [-0.4, -0.2) is 66.7 Å². The number of aromatic nitrogens is 2. The molecule has 1 fully saturated rings. The van der Waals surface area contributed by atoms with E-state index in [1.165, 1.54) is 7.11 Å². The maximum absolute atomic E-state index is 12.1. The van der Waals surface area contributed by atoms with Crippen LogP contribution in [-0.2, 0) is 9.53 Å². The first-order chi connectivity index (χ1) is 9.26. The van der Waals surface area contributed by atoms with Crippen molar-refractivity contribution in [1.29, 1.82) is 0 Å². The van der Waals surface area contributed by atoms with Gasteiger partial charge in [0.05, 0.1) is 6.20 Å². The summed E-state index contributed by atoms with van der Waals surface area (Å²) in [5.74, 6) is 0.806. The standard InChI is InChI=1S/C12H19N5O2/c1-19-10(8-13)12(18)17-6-4-16(5-7-17)11-9-14-2-3-15-11/h2-3,9-10H,4-8,13H2,1H3. The predicted molar refractivity (Wildman–Crippen MR) is 70.7 cm³/mol. The van der Waals surface area contributed by atoms with Crippen molar-refractivity contribution in [2.75, 3.05) is 44.7 Å². The monoisotopic (exact) mass is 265 g/mol. The molecule has 7 heteroatoms. The van der Waals surface area contributed by atoms with E-state index in [4.69, 9.17) is 10.5 Å². The van der Waals surface area contributed by atoms with Gasteiger partial charge in [-0.3, -0.25) is 9.78 Å². The molecule has 19 heavy (non-hydrogen) atoms. The second-order valence-corrected chi connectivity index (χ2v) is 4.34. The Balaban J connectivity index is 1.91. The second-order valence-electron chi connectivity index (χ2n) is 4.34. The van der Waals surface area contributed by atoms with Crippen molar-refractivity contribution in [2.24, 2.45) is 5.73 Å². The number of anilines is 1. The highest BCUT2D eigenvalue weighted by atomic mass is 16.5. The molecule has 0 aliphatic carbocycles. The summed E-state index contributed by atoms with van der Waals surface area (Å²) in [6, 6.07) is 0. The summed E-state index contributed by atoms with van der Waals surface area (Å²) in [6.07, 6.45) is 4.51. The van der Waals surface area contributed by atoms with E-state index >= 15 is 0 Å². The SMILES string of the molecule is COC(CN)C(=O)N1CCN(c2cnccn2)CC1. The molecule has 2 rings (SSSR count). The Morgan fingerprint density at radius 3 is 2.68 bits per heavy atom. The topological polar surface area (TPSA) is 84.6 Å². The lowest BCUT2D eigenvalue weighted by atomic mass is 10.2. The van der Waals surface area contributed by atoms with Gasteiger partial charge in [-0.2, -0.15) is 0 Å². The summed E-state index contributed by atoms with van der Waals surface area (Å²) in [6.45, 7) is 2.99. The fourth-order valence-electron chi connectivity index (χ4n) is 2.11. The van der Waals surface area contributed by atoms with Crippen molar-refractivity contribution < 1.29 is 9.53 Å². The van der Waals surface area contributed by atoms with Crippen molar-refractivity contribution in [3.8, 4) is 0 Å². The Bertz CT molecular complexity index is 402. The lowest BCUT2D eigenvalue weighted by Gasteiger charge is -2.36. The first-order valence-corrected chi connectivity index (χ1v) is 6.29. The van der Waals surface area contributed by atoms with E-state index in [2.05, 4.69) is 14.9 Å². The molecule has 0 aromatic carbocycles. The minimum atomic E-state index is -0.539. The summed E-state index contributed by atoms with van der Waals surface area (Å²) in [7, 11) is 1.51. The lowest BCUT2D eigenvalue weighted by Crippen LogP contribution is -2.53. The van der Waals surface area contributed by atoms with Gasteiger partial charge in [0.2, 0.25) is 0 Å². The van der Waals surface area contributed by atoms with Crippen LogP contribution in [0.25, 0.3) is 0 Å². The van der Waals surface area contributed by atoms with E-state index < -0.39 is 6.10 Å². The zero-order valence-electron chi connectivity index (χ0n) is 11.0. The van der Waals surface area contributed by atoms with Gasteiger partial charge in [-0.25, -0.2) is 4.98 Å². The number of ether oxygens (including phenoxy) is 1. The van der Waals surface area contributed by atoms with Crippen molar-refractivity contribution >= 4 is 11.7 Å². The average molecular weight is 265 g/mol. The number of nitrogens with two attached hydrogens (primary N) is 1. The molecule has 0 saturated carbocycles. The third-order valence-corrected chi connectivity index (χ3v) is 3.24. The van der Waals surface area contributed by atoms with Crippen LogP contribution in [0.3, 0.4) is 0 Å². The van der Waals surface area contributed by atoms with E-state index in [0.29, 0.717) is 13.1 Å². The molecule has 1 aromatic rings. The summed E-state index contributed by atoms with van der Waals surface area (Å²) in [5, 5.41) is 0. The number of hydrogen-bond donors (Lipinski definition) is 1. The van der Waals surface area contributed by atoms with Crippen molar-refractivity contribution in [3.05, 3.63) is 18.6 Å². The molecule has 1 atom stereocenters. The zero-order chi connectivity index (χ0) is 13.7. The summed E-state index contributed by atoms with van der Waals surface area (Å²) < 4.78 is 5.07. The van der Waals surface area contributed by atoms with Crippen LogP contribution in [0.2, 0.25) is 0 Å². The maximum atomic E-state index is 12.1. The number of amides is 1. The molecule has 0 radical (unpaired) electrons. The quantitative estimate of drug-likeness (QED) is 0.759. The van der Waals surface area contributed by atoms with Gasteiger partial charge < -0.3 is 20.3 Å². The van der Waals surface area contributed by atoms with Crippen LogP contribution in [0.4, 0.5) is 5.82 Å². The molecule has 1 amide bonds. The number of carbonyl (C=O) groups is 1. The highest BCUT2D eigenvalue weighted by Gasteiger charge is 2.26. The van der Waals surface area contributed by atoms with E-state index in [9.17, 15) is 4.79 Å². The summed E-state index contributed by atoms with van der Waals surface area (Å²) >= 11 is 0. The Hall–Kier alpha value is -1.73. The molecule has 7 nitrogen and oxygen atoms in total. The average Bonchev–Trinajstić information content (AvgIpc) is 2.49. The molecule has 1 aliphatic rings. The molecule has 1 aromatic heterocycles. The van der Waals surface area contributed by atoms with Crippen LogP contribution >= 0.6 is 0 Å². The van der Waals surface area contributed by atoms with E-state index in [1.54, 1.807) is 23.5 Å². The third kappa shape index (κ3) is 3.18. The molecule has 104 valence electrons. The van der Waals surface area contributed by atoms with Crippen LogP contribution in [0.1, 0.15) is 0 Å². The Morgan fingerprint density at radius 1 is 1.42 bits per heavy atom. The van der Waals surface area contributed by atoms with Gasteiger partial charge >= 0.3 is 0 Å². The molecule has 1 unspecified atom stereocenters. The van der Waals surface area contributed by atoms with Gasteiger partial charge in [0, 0.05) is 52.2 Å². The minimum Gasteiger partial charge on any atom is -0.370 e. The number of rotatable bonds is 4. The number of piperazine rings is 1. The molecule has 1 saturated heterocycles. The predicted octanol–water partition coefficient (Wildman–Crippen LogP) is -0.901. The third-order valence-electron chi connectivity index (χ3n) is 3.24. The van der Waals surface area contributed by atoms with Crippen molar-refractivity contribution in [2.45, 2.75) is 6.10 Å². The largest absolute Gasteiger partial charge is 0.370 e. The minimum absolute atomic E-state index is 0.0382. The van der Waals surface area contributed by atoms with Gasteiger partial charge in [0.15, 0.2) is 0 Å². The van der Waals surface area contributed by atoms with E-state index in [0.717, 1.165) is 18.9 Å². The number of carbonyl (C=O) groups excluding carboxylic acids is 1. The number of nitrogens with zero attached hydrogens (tertiary/aromatic N) is 4. The van der Waals surface area contributed by atoms with Gasteiger partial charge in [-0.05, 0) is 0 Å². The van der Waals surface area contributed by atoms with E-state index in [-0.39, 0.29) is 12.5 Å². The number of hydrogen-bond acceptors (Lipinski definition) is 6. The lowest BCUT2D eigenvalue weighted by molar-refractivity contribution is -0.141. The van der Waals surface area contributed by atoms with Gasteiger partial charge in [-0.1, -0.05) is 0 Å².